The second kappa shape index (κ2) is 6.27. The Hall–Kier alpha value is -0.960. The summed E-state index contributed by atoms with van der Waals surface area (Å²) < 4.78 is 39.6. The number of hydrogen-bond acceptors (Lipinski definition) is 5. The van der Waals surface area contributed by atoms with Gasteiger partial charge < -0.3 is 9.47 Å². The molecule has 0 aromatic carbocycles. The molecule has 0 radical (unpaired) electrons. The molecule has 2 aliphatic heterocycles. The molecule has 2 saturated heterocycles. The van der Waals surface area contributed by atoms with Gasteiger partial charge in [0.1, 0.15) is 5.60 Å². The fourth-order valence-corrected chi connectivity index (χ4v) is 4.30. The maximum Gasteiger partial charge on any atom is 0.214 e. The van der Waals surface area contributed by atoms with Gasteiger partial charge in [-0.05, 0) is 25.8 Å². The molecule has 2 aliphatic rings. The summed E-state index contributed by atoms with van der Waals surface area (Å²) in [4.78, 5) is 0. The zero-order valence-corrected chi connectivity index (χ0v) is 13.7. The predicted molar refractivity (Wildman–Crippen MR) is 80.9 cm³/mol. The minimum absolute atomic E-state index is 0.0489. The van der Waals surface area contributed by atoms with Crippen molar-refractivity contribution in [2.75, 3.05) is 32.1 Å². The van der Waals surface area contributed by atoms with Gasteiger partial charge in [0.15, 0.2) is 0 Å². The third-order valence-electron chi connectivity index (χ3n) is 4.36. The van der Waals surface area contributed by atoms with Crippen LogP contribution in [0.2, 0.25) is 0 Å². The van der Waals surface area contributed by atoms with Crippen molar-refractivity contribution in [3.63, 3.8) is 0 Å². The third kappa shape index (κ3) is 3.34. The summed E-state index contributed by atoms with van der Waals surface area (Å²) >= 11 is 0. The van der Waals surface area contributed by atoms with E-state index in [0.29, 0.717) is 32.8 Å². The van der Waals surface area contributed by atoms with Crippen LogP contribution in [0, 0.1) is 0 Å². The van der Waals surface area contributed by atoms with E-state index in [1.807, 2.05) is 16.9 Å². The summed E-state index contributed by atoms with van der Waals surface area (Å²) in [6, 6.07) is 1.88. The smallest absolute Gasteiger partial charge is 0.214 e. The van der Waals surface area contributed by atoms with Gasteiger partial charge in [-0.2, -0.15) is 9.40 Å². The number of aromatic nitrogens is 2. The van der Waals surface area contributed by atoms with E-state index in [0.717, 1.165) is 12.8 Å². The average molecular weight is 329 g/mol. The standard InChI is InChI=1S/C14H23N3O4S/c1-2-22(18,19)17-8-9-20-12-14(11-17)5-4-13(21-14)10-16-7-3-6-15-16/h3,6-7,13H,2,4-5,8-12H2,1H3. The van der Waals surface area contributed by atoms with Crippen molar-refractivity contribution in [3.8, 4) is 0 Å². The van der Waals surface area contributed by atoms with Crippen molar-refractivity contribution in [1.29, 1.82) is 0 Å². The van der Waals surface area contributed by atoms with Crippen LogP contribution in [0.25, 0.3) is 0 Å². The van der Waals surface area contributed by atoms with Crippen LogP contribution in [-0.2, 0) is 26.0 Å². The minimum Gasteiger partial charge on any atom is -0.377 e. The Balaban J connectivity index is 1.69. The highest BCUT2D eigenvalue weighted by molar-refractivity contribution is 7.89. The highest BCUT2D eigenvalue weighted by Gasteiger charge is 2.45. The van der Waals surface area contributed by atoms with Gasteiger partial charge in [-0.25, -0.2) is 8.42 Å². The summed E-state index contributed by atoms with van der Waals surface area (Å²) in [7, 11) is -3.22. The molecular formula is C14H23N3O4S. The molecule has 2 fully saturated rings. The van der Waals surface area contributed by atoms with Crippen LogP contribution in [0.1, 0.15) is 19.8 Å². The topological polar surface area (TPSA) is 73.7 Å². The van der Waals surface area contributed by atoms with Gasteiger partial charge in [0.25, 0.3) is 0 Å². The van der Waals surface area contributed by atoms with Crippen LogP contribution < -0.4 is 0 Å². The third-order valence-corrected chi connectivity index (χ3v) is 6.19. The number of rotatable bonds is 4. The van der Waals surface area contributed by atoms with Gasteiger partial charge in [0, 0.05) is 25.5 Å². The van der Waals surface area contributed by atoms with Crippen LogP contribution in [0.3, 0.4) is 0 Å². The van der Waals surface area contributed by atoms with Crippen molar-refractivity contribution in [1.82, 2.24) is 14.1 Å². The largest absolute Gasteiger partial charge is 0.377 e. The van der Waals surface area contributed by atoms with E-state index in [2.05, 4.69) is 5.10 Å². The summed E-state index contributed by atoms with van der Waals surface area (Å²) in [6.45, 7) is 4.04. The molecule has 0 saturated carbocycles. The molecular weight excluding hydrogens is 306 g/mol. The SMILES string of the molecule is CCS(=O)(=O)N1CCOCC2(CCC(Cn3cccn3)O2)C1. The van der Waals surface area contributed by atoms with E-state index in [1.54, 1.807) is 13.1 Å². The van der Waals surface area contributed by atoms with E-state index >= 15 is 0 Å². The first kappa shape index (κ1) is 15.9. The minimum atomic E-state index is -3.22. The summed E-state index contributed by atoms with van der Waals surface area (Å²) in [6.07, 6.45) is 5.41. The first-order chi connectivity index (χ1) is 10.5. The lowest BCUT2D eigenvalue weighted by atomic mass is 10.0. The van der Waals surface area contributed by atoms with Crippen molar-refractivity contribution in [2.45, 2.75) is 38.0 Å². The van der Waals surface area contributed by atoms with Crippen LogP contribution in [0.15, 0.2) is 18.5 Å². The van der Waals surface area contributed by atoms with Gasteiger partial charge in [-0.15, -0.1) is 0 Å². The van der Waals surface area contributed by atoms with Gasteiger partial charge >= 0.3 is 0 Å². The van der Waals surface area contributed by atoms with Crippen molar-refractivity contribution >= 4 is 10.0 Å². The Morgan fingerprint density at radius 2 is 2.32 bits per heavy atom. The number of nitrogens with zero attached hydrogens (tertiary/aromatic N) is 3. The monoisotopic (exact) mass is 329 g/mol. The van der Waals surface area contributed by atoms with Crippen LogP contribution >= 0.6 is 0 Å². The normalized spacial score (nSPS) is 30.7. The molecule has 1 aromatic heterocycles. The molecule has 2 atom stereocenters. The van der Waals surface area contributed by atoms with Crippen molar-refractivity contribution in [2.24, 2.45) is 0 Å². The molecule has 8 heteroatoms. The average Bonchev–Trinajstić information content (AvgIpc) is 3.07. The molecule has 7 nitrogen and oxygen atoms in total. The zero-order chi connectivity index (χ0) is 15.6. The number of ether oxygens (including phenoxy) is 2. The maximum absolute atomic E-state index is 12.2. The molecule has 0 aliphatic carbocycles. The second-order valence-electron chi connectivity index (χ2n) is 5.98. The first-order valence-electron chi connectivity index (χ1n) is 7.74. The molecule has 2 unspecified atom stereocenters. The first-order valence-corrected chi connectivity index (χ1v) is 9.35. The molecule has 1 aromatic rings. The molecule has 22 heavy (non-hydrogen) atoms. The van der Waals surface area contributed by atoms with E-state index in [1.165, 1.54) is 4.31 Å². The highest BCUT2D eigenvalue weighted by atomic mass is 32.2. The lowest BCUT2D eigenvalue weighted by Crippen LogP contribution is -2.47. The quantitative estimate of drug-likeness (QED) is 0.803. The van der Waals surface area contributed by atoms with Crippen LogP contribution in [0.5, 0.6) is 0 Å². The molecule has 0 bridgehead atoms. The lowest BCUT2D eigenvalue weighted by Gasteiger charge is -2.31. The Morgan fingerprint density at radius 3 is 3.05 bits per heavy atom. The van der Waals surface area contributed by atoms with Crippen LogP contribution in [-0.4, -0.2) is 66.3 Å². The summed E-state index contributed by atoms with van der Waals surface area (Å²) in [5.74, 6) is 0.111. The fourth-order valence-electron chi connectivity index (χ4n) is 3.15. The number of hydrogen-bond donors (Lipinski definition) is 0. The maximum atomic E-state index is 12.2. The molecule has 3 heterocycles. The van der Waals surface area contributed by atoms with Crippen molar-refractivity contribution < 1.29 is 17.9 Å². The summed E-state index contributed by atoms with van der Waals surface area (Å²) in [5, 5.41) is 4.20. The zero-order valence-electron chi connectivity index (χ0n) is 12.8. The van der Waals surface area contributed by atoms with Crippen molar-refractivity contribution in [3.05, 3.63) is 18.5 Å². The second-order valence-corrected chi connectivity index (χ2v) is 8.23. The Bertz CT molecular complexity index is 589. The van der Waals surface area contributed by atoms with E-state index < -0.39 is 15.6 Å². The fraction of sp³-hybridized carbons (Fsp3) is 0.786. The predicted octanol–water partition coefficient (Wildman–Crippen LogP) is 0.483. The van der Waals surface area contributed by atoms with Gasteiger partial charge in [-0.3, -0.25) is 4.68 Å². The molecule has 0 amide bonds. The highest BCUT2D eigenvalue weighted by Crippen LogP contribution is 2.34. The Labute approximate surface area is 131 Å². The van der Waals surface area contributed by atoms with Gasteiger partial charge in [-0.1, -0.05) is 0 Å². The molecule has 1 spiro atoms. The van der Waals surface area contributed by atoms with Gasteiger partial charge in [0.05, 0.1) is 31.6 Å². The van der Waals surface area contributed by atoms with E-state index in [4.69, 9.17) is 9.47 Å². The molecule has 3 rings (SSSR count). The van der Waals surface area contributed by atoms with Gasteiger partial charge in [0.2, 0.25) is 10.0 Å². The number of sulfonamides is 1. The Morgan fingerprint density at radius 1 is 1.45 bits per heavy atom. The lowest BCUT2D eigenvalue weighted by molar-refractivity contribution is -0.0860. The van der Waals surface area contributed by atoms with E-state index in [9.17, 15) is 8.42 Å². The van der Waals surface area contributed by atoms with E-state index in [-0.39, 0.29) is 11.9 Å². The van der Waals surface area contributed by atoms with Crippen LogP contribution in [0.4, 0.5) is 0 Å². The Kier molecular flexibility index (Phi) is 4.54. The molecule has 0 N–H and O–H groups in total. The summed E-state index contributed by atoms with van der Waals surface area (Å²) in [5.41, 5.74) is -0.517. The molecule has 124 valence electrons.